The summed E-state index contributed by atoms with van der Waals surface area (Å²) in [7, 11) is 0. The van der Waals surface area contributed by atoms with E-state index in [-0.39, 0.29) is 0 Å². The summed E-state index contributed by atoms with van der Waals surface area (Å²) in [6.45, 7) is 4.49. The Hall–Kier alpha value is -6.52. The summed E-state index contributed by atoms with van der Waals surface area (Å²) >= 11 is 0. The normalized spacial score (nSPS) is 12.5. The summed E-state index contributed by atoms with van der Waals surface area (Å²) < 4.78 is 0. The van der Waals surface area contributed by atoms with E-state index in [0.29, 0.717) is 17.5 Å². The van der Waals surface area contributed by atoms with E-state index >= 15 is 0 Å². The van der Waals surface area contributed by atoms with Crippen molar-refractivity contribution in [3.63, 3.8) is 0 Å². The third-order valence-corrected chi connectivity index (χ3v) is 10.3. The molecule has 1 aliphatic carbocycles. The van der Waals surface area contributed by atoms with Gasteiger partial charge in [-0.3, -0.25) is 4.98 Å². The van der Waals surface area contributed by atoms with E-state index in [1.54, 1.807) is 0 Å². The molecule has 6 aromatic carbocycles. The number of benzene rings is 6. The summed E-state index contributed by atoms with van der Waals surface area (Å²) in [6.07, 6.45) is 14.2. The molecule has 0 spiro atoms. The number of hydrogen-bond donors (Lipinski definition) is 0. The maximum Gasteiger partial charge on any atom is 0.164 e. The highest BCUT2D eigenvalue weighted by molar-refractivity contribution is 6.02. The molecule has 0 bridgehead atoms. The van der Waals surface area contributed by atoms with Crippen molar-refractivity contribution in [2.24, 2.45) is 0 Å². The van der Waals surface area contributed by atoms with Crippen molar-refractivity contribution in [2.45, 2.75) is 33.1 Å². The van der Waals surface area contributed by atoms with Gasteiger partial charge in [-0.15, -0.1) is 0 Å². The van der Waals surface area contributed by atoms with Gasteiger partial charge in [-0.05, 0) is 118 Å². The van der Waals surface area contributed by atoms with E-state index in [4.69, 9.17) is 15.0 Å². The fraction of sp³-hybridized carbons (Fsp3) is 0.102. The molecule has 0 saturated heterocycles. The van der Waals surface area contributed by atoms with Gasteiger partial charge in [0.2, 0.25) is 0 Å². The lowest BCUT2D eigenvalue weighted by Crippen LogP contribution is -2.02. The molecule has 4 nitrogen and oxygen atoms in total. The van der Waals surface area contributed by atoms with Crippen LogP contribution in [0.15, 0.2) is 146 Å². The quantitative estimate of drug-likeness (QED) is 0.168. The Morgan fingerprint density at radius 2 is 1.28 bits per heavy atom. The lowest BCUT2D eigenvalue weighted by molar-refractivity contribution is 0.974. The van der Waals surface area contributed by atoms with E-state index in [0.717, 1.165) is 69.1 Å². The van der Waals surface area contributed by atoms with E-state index in [9.17, 15) is 0 Å². The molecule has 1 aliphatic rings. The van der Waals surface area contributed by atoms with Gasteiger partial charge in [0, 0.05) is 28.3 Å². The molecule has 9 rings (SSSR count). The van der Waals surface area contributed by atoms with E-state index in [1.165, 1.54) is 33.0 Å². The Kier molecular flexibility index (Phi) is 8.49. The predicted octanol–water partition coefficient (Wildman–Crippen LogP) is 12.6. The van der Waals surface area contributed by atoms with Gasteiger partial charge in [-0.2, -0.15) is 0 Å². The van der Waals surface area contributed by atoms with Gasteiger partial charge in [0.15, 0.2) is 17.5 Å². The van der Waals surface area contributed by atoms with Crippen LogP contribution < -0.4 is 0 Å². The molecule has 0 radical (unpaired) electrons. The lowest BCUT2D eigenvalue weighted by atomic mass is 9.83. The molecule has 0 N–H and O–H groups in total. The fourth-order valence-electron chi connectivity index (χ4n) is 7.67. The number of pyridine rings is 1. The molecule has 0 atom stereocenters. The monoisotopic (exact) mass is 682 g/mol. The Balaban J connectivity index is 1.30. The smallest absolute Gasteiger partial charge is 0.164 e. The molecule has 4 heteroatoms. The number of allylic oxidation sites excluding steroid dienone is 2. The summed E-state index contributed by atoms with van der Waals surface area (Å²) in [4.78, 5) is 19.9. The minimum absolute atomic E-state index is 0.628. The second kappa shape index (κ2) is 13.9. The van der Waals surface area contributed by atoms with Crippen molar-refractivity contribution in [3.05, 3.63) is 168 Å². The highest BCUT2D eigenvalue weighted by atomic mass is 15.0. The minimum atomic E-state index is 0.628. The third-order valence-electron chi connectivity index (χ3n) is 10.3. The van der Waals surface area contributed by atoms with Crippen molar-refractivity contribution >= 4 is 33.8 Å². The topological polar surface area (TPSA) is 51.6 Å². The molecule has 53 heavy (non-hydrogen) atoms. The molecule has 0 unspecified atom stereocenters. The van der Waals surface area contributed by atoms with Gasteiger partial charge in [0.05, 0.1) is 5.52 Å². The minimum Gasteiger partial charge on any atom is -0.256 e. The van der Waals surface area contributed by atoms with Crippen molar-refractivity contribution in [3.8, 4) is 56.4 Å². The molecule has 0 aliphatic heterocycles. The standard InChI is InChI=1S/C49H38N4/c1-3-4-19-39-32(2)40-20-11-12-21-42(40)45-31-35(25-26-43(39)45)36-28-37(41-22-13-24-46-44(41)23-14-27-50-46)30-38(29-36)49-52-47(33-15-7-5-8-16-33)51-48(53-49)34-17-9-6-10-18-34/h4-10,12-19,21-31H,3,11,20H2,1-2H3/b19-4-. The van der Waals surface area contributed by atoms with Crippen molar-refractivity contribution in [2.75, 3.05) is 0 Å². The molecule has 254 valence electrons. The van der Waals surface area contributed by atoms with Crippen LogP contribution in [-0.4, -0.2) is 19.9 Å². The Labute approximate surface area is 310 Å². The number of fused-ring (bicyclic) bond motifs is 4. The van der Waals surface area contributed by atoms with Gasteiger partial charge < -0.3 is 0 Å². The molecule has 0 fully saturated rings. The summed E-state index contributed by atoms with van der Waals surface area (Å²) in [6, 6.07) is 44.5. The zero-order valence-electron chi connectivity index (χ0n) is 29.9. The predicted molar refractivity (Wildman–Crippen MR) is 221 cm³/mol. The maximum absolute atomic E-state index is 5.14. The molecule has 0 amide bonds. The summed E-state index contributed by atoms with van der Waals surface area (Å²) in [5.74, 6) is 1.91. The van der Waals surface area contributed by atoms with Gasteiger partial charge in [0.1, 0.15) is 0 Å². The Morgan fingerprint density at radius 3 is 2.02 bits per heavy atom. The van der Waals surface area contributed by atoms with Gasteiger partial charge in [-0.25, -0.2) is 15.0 Å². The van der Waals surface area contributed by atoms with Crippen LogP contribution in [0.4, 0.5) is 0 Å². The first-order valence-electron chi connectivity index (χ1n) is 18.4. The van der Waals surface area contributed by atoms with Crippen LogP contribution in [0.2, 0.25) is 0 Å². The molecule has 8 aromatic rings. The first-order chi connectivity index (χ1) is 26.1. The zero-order valence-corrected chi connectivity index (χ0v) is 29.9. The zero-order chi connectivity index (χ0) is 35.7. The molecule has 0 saturated carbocycles. The van der Waals surface area contributed by atoms with E-state index in [2.05, 4.69) is 128 Å². The van der Waals surface area contributed by atoms with Gasteiger partial charge in [-0.1, -0.05) is 122 Å². The van der Waals surface area contributed by atoms with Crippen LogP contribution in [0, 0.1) is 6.92 Å². The SMILES string of the molecule is CC/C=C\c1c(C)c2c(c3cc(-c4cc(-c5nc(-c6ccccc6)nc(-c6ccccc6)n5)cc(-c5cccc6ncccc56)c4)ccc13)C=CCC2. The Morgan fingerprint density at radius 1 is 0.585 bits per heavy atom. The third kappa shape index (κ3) is 6.13. The van der Waals surface area contributed by atoms with Crippen LogP contribution in [0.1, 0.15) is 42.0 Å². The average molecular weight is 683 g/mol. The highest BCUT2D eigenvalue weighted by Gasteiger charge is 2.19. The summed E-state index contributed by atoms with van der Waals surface area (Å²) in [5.41, 5.74) is 13.7. The van der Waals surface area contributed by atoms with Crippen LogP contribution in [0.3, 0.4) is 0 Å². The number of hydrogen-bond acceptors (Lipinski definition) is 4. The van der Waals surface area contributed by atoms with Crippen molar-refractivity contribution in [1.82, 2.24) is 19.9 Å². The Bertz CT molecular complexity index is 2650. The highest BCUT2D eigenvalue weighted by Crippen LogP contribution is 2.40. The van der Waals surface area contributed by atoms with Crippen LogP contribution in [0.25, 0.3) is 90.2 Å². The number of aromatic nitrogens is 4. The molecular formula is C49H38N4. The van der Waals surface area contributed by atoms with Crippen LogP contribution >= 0.6 is 0 Å². The lowest BCUT2D eigenvalue weighted by Gasteiger charge is -2.21. The molecule has 2 heterocycles. The average Bonchev–Trinajstić information content (AvgIpc) is 3.23. The number of rotatable bonds is 7. The van der Waals surface area contributed by atoms with E-state index < -0.39 is 0 Å². The van der Waals surface area contributed by atoms with Crippen molar-refractivity contribution < 1.29 is 0 Å². The summed E-state index contributed by atoms with van der Waals surface area (Å²) in [5, 5.41) is 3.67. The van der Waals surface area contributed by atoms with Gasteiger partial charge in [0.25, 0.3) is 0 Å². The first-order valence-corrected chi connectivity index (χ1v) is 18.4. The second-order valence-corrected chi connectivity index (χ2v) is 13.7. The molecule has 2 aromatic heterocycles. The first kappa shape index (κ1) is 32.4. The largest absolute Gasteiger partial charge is 0.256 e. The number of nitrogens with zero attached hydrogens (tertiary/aromatic N) is 4. The fourth-order valence-corrected chi connectivity index (χ4v) is 7.67. The van der Waals surface area contributed by atoms with Crippen LogP contribution in [-0.2, 0) is 6.42 Å². The van der Waals surface area contributed by atoms with Crippen molar-refractivity contribution in [1.29, 1.82) is 0 Å². The van der Waals surface area contributed by atoms with Gasteiger partial charge >= 0.3 is 0 Å². The molecular weight excluding hydrogens is 645 g/mol. The second-order valence-electron chi connectivity index (χ2n) is 13.7. The van der Waals surface area contributed by atoms with Crippen LogP contribution in [0.5, 0.6) is 0 Å². The maximum atomic E-state index is 5.14. The van der Waals surface area contributed by atoms with E-state index in [1.807, 2.05) is 48.7 Å².